The minimum absolute atomic E-state index is 0.0253. The molecular weight excluding hydrogens is 242 g/mol. The van der Waals surface area contributed by atoms with Gasteiger partial charge in [0.25, 0.3) is 0 Å². The van der Waals surface area contributed by atoms with Crippen molar-refractivity contribution in [3.05, 3.63) is 34.9 Å². The van der Waals surface area contributed by atoms with Gasteiger partial charge in [0.2, 0.25) is 0 Å². The van der Waals surface area contributed by atoms with Crippen molar-refractivity contribution < 1.29 is 9.90 Å². The van der Waals surface area contributed by atoms with Crippen LogP contribution in [0.3, 0.4) is 0 Å². The zero-order valence-electron chi connectivity index (χ0n) is 9.22. The molecule has 0 aliphatic heterocycles. The summed E-state index contributed by atoms with van der Waals surface area (Å²) in [6.07, 6.45) is 2.14. The largest absolute Gasteiger partial charge is 0.476 e. The Morgan fingerprint density at radius 3 is 2.94 bits per heavy atom. The van der Waals surface area contributed by atoms with E-state index in [2.05, 4.69) is 4.98 Å². The van der Waals surface area contributed by atoms with Crippen LogP contribution in [0.5, 0.6) is 0 Å². The average molecular weight is 254 g/mol. The Balaban J connectivity index is 2.66. The zero-order valence-corrected chi connectivity index (χ0v) is 9.98. The van der Waals surface area contributed by atoms with Crippen LogP contribution in [0.25, 0.3) is 5.52 Å². The predicted molar refractivity (Wildman–Crippen MR) is 64.5 cm³/mol. The van der Waals surface area contributed by atoms with Crippen LogP contribution in [0.2, 0.25) is 5.02 Å². The second-order valence-electron chi connectivity index (χ2n) is 3.97. The number of aromatic nitrogens is 2. The highest BCUT2D eigenvalue weighted by Gasteiger charge is 2.17. The number of carbonyl (C=O) groups is 1. The number of hydrogen-bond donors (Lipinski definition) is 2. The van der Waals surface area contributed by atoms with Crippen LogP contribution in [0, 0.1) is 0 Å². The summed E-state index contributed by atoms with van der Waals surface area (Å²) in [5.74, 6) is -0.448. The number of imidazole rings is 1. The molecule has 0 fully saturated rings. The van der Waals surface area contributed by atoms with E-state index in [9.17, 15) is 4.79 Å². The molecule has 0 aliphatic carbocycles. The number of aromatic carboxylic acids is 1. The lowest BCUT2D eigenvalue weighted by atomic mass is 10.2. The quantitative estimate of drug-likeness (QED) is 0.870. The fourth-order valence-electron chi connectivity index (χ4n) is 1.71. The highest BCUT2D eigenvalue weighted by atomic mass is 35.5. The van der Waals surface area contributed by atoms with Crippen LogP contribution in [-0.2, 0) is 6.42 Å². The molecule has 0 saturated heterocycles. The Morgan fingerprint density at radius 2 is 2.35 bits per heavy atom. The van der Waals surface area contributed by atoms with Crippen molar-refractivity contribution in [3.63, 3.8) is 0 Å². The number of carboxylic acid groups (broad SMARTS) is 1. The van der Waals surface area contributed by atoms with Crippen LogP contribution < -0.4 is 5.73 Å². The molecule has 0 spiro atoms. The molecule has 2 heterocycles. The minimum atomic E-state index is -1.05. The summed E-state index contributed by atoms with van der Waals surface area (Å²) < 4.78 is 1.68. The Bertz CT molecular complexity index is 577. The van der Waals surface area contributed by atoms with E-state index >= 15 is 0 Å². The molecular formula is C11H12ClN3O2. The molecule has 0 amide bonds. The Labute approximate surface area is 103 Å². The number of nitrogens with zero attached hydrogens (tertiary/aromatic N) is 2. The molecule has 2 aromatic rings. The van der Waals surface area contributed by atoms with Crippen molar-refractivity contribution in [3.8, 4) is 0 Å². The Hall–Kier alpha value is -1.59. The van der Waals surface area contributed by atoms with Crippen LogP contribution in [0.15, 0.2) is 18.3 Å². The predicted octanol–water partition coefficient (Wildman–Crippen LogP) is 1.58. The van der Waals surface area contributed by atoms with E-state index in [0.29, 0.717) is 22.8 Å². The molecule has 1 atom stereocenters. The van der Waals surface area contributed by atoms with Crippen molar-refractivity contribution in [2.45, 2.75) is 19.4 Å². The van der Waals surface area contributed by atoms with E-state index in [1.165, 1.54) is 0 Å². The van der Waals surface area contributed by atoms with Gasteiger partial charge in [0.15, 0.2) is 5.69 Å². The van der Waals surface area contributed by atoms with Crippen molar-refractivity contribution in [2.24, 2.45) is 5.73 Å². The monoisotopic (exact) mass is 253 g/mol. The lowest BCUT2D eigenvalue weighted by Crippen LogP contribution is -2.19. The lowest BCUT2D eigenvalue weighted by molar-refractivity contribution is 0.0693. The fraction of sp³-hybridized carbons (Fsp3) is 0.273. The van der Waals surface area contributed by atoms with E-state index in [4.69, 9.17) is 22.4 Å². The highest BCUT2D eigenvalue weighted by molar-refractivity contribution is 6.30. The maximum atomic E-state index is 11.1. The van der Waals surface area contributed by atoms with Crippen molar-refractivity contribution in [2.75, 3.05) is 0 Å². The van der Waals surface area contributed by atoms with E-state index < -0.39 is 5.97 Å². The van der Waals surface area contributed by atoms with Gasteiger partial charge in [-0.2, -0.15) is 0 Å². The Morgan fingerprint density at radius 1 is 1.65 bits per heavy atom. The van der Waals surface area contributed by atoms with Crippen LogP contribution in [0.1, 0.15) is 23.2 Å². The molecule has 0 aromatic carbocycles. The highest BCUT2D eigenvalue weighted by Crippen LogP contribution is 2.18. The maximum absolute atomic E-state index is 11.1. The molecule has 5 nitrogen and oxygen atoms in total. The molecule has 2 aromatic heterocycles. The van der Waals surface area contributed by atoms with Gasteiger partial charge in [-0.15, -0.1) is 0 Å². The van der Waals surface area contributed by atoms with E-state index in [0.717, 1.165) is 0 Å². The SMILES string of the molecule is CC(N)Cc1nc(C(=O)O)c2ccc(Cl)cn12. The van der Waals surface area contributed by atoms with Gasteiger partial charge >= 0.3 is 5.97 Å². The van der Waals surface area contributed by atoms with Gasteiger partial charge in [0.1, 0.15) is 5.82 Å². The number of nitrogens with two attached hydrogens (primary N) is 1. The van der Waals surface area contributed by atoms with E-state index in [1.807, 2.05) is 6.92 Å². The van der Waals surface area contributed by atoms with Gasteiger partial charge in [0, 0.05) is 18.7 Å². The summed E-state index contributed by atoms with van der Waals surface area (Å²) in [6, 6.07) is 3.19. The van der Waals surface area contributed by atoms with Gasteiger partial charge in [-0.05, 0) is 19.1 Å². The first-order valence-electron chi connectivity index (χ1n) is 5.14. The second kappa shape index (κ2) is 4.35. The molecule has 0 radical (unpaired) electrons. The summed E-state index contributed by atoms with van der Waals surface area (Å²) in [5.41, 5.74) is 6.26. The third-order valence-electron chi connectivity index (χ3n) is 2.38. The third kappa shape index (κ3) is 2.25. The second-order valence-corrected chi connectivity index (χ2v) is 4.40. The molecule has 0 aliphatic rings. The van der Waals surface area contributed by atoms with Crippen molar-refractivity contribution >= 4 is 23.1 Å². The number of pyridine rings is 1. The number of fused-ring (bicyclic) bond motifs is 1. The number of hydrogen-bond acceptors (Lipinski definition) is 3. The van der Waals surface area contributed by atoms with Gasteiger partial charge < -0.3 is 15.2 Å². The minimum Gasteiger partial charge on any atom is -0.476 e. The average Bonchev–Trinajstić information content (AvgIpc) is 2.56. The standard InChI is InChI=1S/C11H12ClN3O2/c1-6(13)4-9-14-10(11(16)17)8-3-2-7(12)5-15(8)9/h2-3,5-6H,4,13H2,1H3,(H,16,17). The number of carboxylic acids is 1. The van der Waals surface area contributed by atoms with Gasteiger partial charge in [-0.1, -0.05) is 11.6 Å². The third-order valence-corrected chi connectivity index (χ3v) is 2.60. The Kier molecular flexibility index (Phi) is 3.04. The van der Waals surface area contributed by atoms with Gasteiger partial charge in [-0.3, -0.25) is 0 Å². The summed E-state index contributed by atoms with van der Waals surface area (Å²) in [6.45, 7) is 1.84. The van der Waals surface area contributed by atoms with Gasteiger partial charge in [-0.25, -0.2) is 9.78 Å². The molecule has 0 saturated carbocycles. The first-order valence-corrected chi connectivity index (χ1v) is 5.52. The maximum Gasteiger partial charge on any atom is 0.356 e. The topological polar surface area (TPSA) is 80.6 Å². The molecule has 17 heavy (non-hydrogen) atoms. The van der Waals surface area contributed by atoms with Crippen LogP contribution >= 0.6 is 11.6 Å². The fourth-order valence-corrected chi connectivity index (χ4v) is 1.87. The molecule has 0 bridgehead atoms. The number of halogens is 1. The summed E-state index contributed by atoms with van der Waals surface area (Å²) in [5, 5.41) is 9.59. The molecule has 3 N–H and O–H groups in total. The first kappa shape index (κ1) is 11.9. The van der Waals surface area contributed by atoms with Crippen molar-refractivity contribution in [1.29, 1.82) is 0 Å². The van der Waals surface area contributed by atoms with E-state index in [-0.39, 0.29) is 11.7 Å². The normalized spacial score (nSPS) is 12.9. The molecule has 1 unspecified atom stereocenters. The number of rotatable bonds is 3. The van der Waals surface area contributed by atoms with Crippen molar-refractivity contribution in [1.82, 2.24) is 9.38 Å². The first-order chi connectivity index (χ1) is 7.99. The molecule has 6 heteroatoms. The molecule has 90 valence electrons. The lowest BCUT2D eigenvalue weighted by Gasteiger charge is -2.04. The summed E-state index contributed by atoms with van der Waals surface area (Å²) in [4.78, 5) is 15.2. The zero-order chi connectivity index (χ0) is 12.6. The van der Waals surface area contributed by atoms with E-state index in [1.54, 1.807) is 22.7 Å². The van der Waals surface area contributed by atoms with Gasteiger partial charge in [0.05, 0.1) is 10.5 Å². The van der Waals surface area contributed by atoms with Crippen LogP contribution in [-0.4, -0.2) is 26.5 Å². The summed E-state index contributed by atoms with van der Waals surface area (Å²) >= 11 is 5.89. The smallest absolute Gasteiger partial charge is 0.356 e. The summed E-state index contributed by atoms with van der Waals surface area (Å²) in [7, 11) is 0. The molecule has 2 rings (SSSR count). The van der Waals surface area contributed by atoms with Crippen LogP contribution in [0.4, 0.5) is 0 Å².